The SMILES string of the molecule is c1ccc(N(c2ccccc2)c2cc3c4c(c2)N(c2ccccc2)c2c(oc5ccccc25)B4c2cc4c(cc2N3c2ccccc2)N(c2ccccc2)c2cccc3c2B4c2oc4ccccc4c2N3c2ccccc2)cc1. The Kier molecular flexibility index (Phi) is 9.47. The largest absolute Gasteiger partial charge is 0.468 e. The number of anilines is 15. The first-order chi connectivity index (χ1) is 39.2. The molecular formula is C70H45B2N5O2. The monoisotopic (exact) mass is 1010 g/mol. The van der Waals surface area contributed by atoms with Gasteiger partial charge < -0.3 is 33.3 Å². The molecule has 0 aliphatic carbocycles. The van der Waals surface area contributed by atoms with Crippen LogP contribution >= 0.6 is 0 Å². The van der Waals surface area contributed by atoms with E-state index in [1.165, 1.54) is 5.46 Å². The molecule has 13 aromatic rings. The smallest absolute Gasteiger partial charge is 0.297 e. The summed E-state index contributed by atoms with van der Waals surface area (Å²) in [6.45, 7) is -0.600. The first-order valence-corrected chi connectivity index (χ1v) is 27.1. The Labute approximate surface area is 457 Å². The van der Waals surface area contributed by atoms with Crippen LogP contribution in [-0.2, 0) is 0 Å². The minimum absolute atomic E-state index is 0.271. The molecule has 0 atom stereocenters. The van der Waals surface area contributed by atoms with Gasteiger partial charge in [-0.05, 0) is 149 Å². The highest BCUT2D eigenvalue weighted by Gasteiger charge is 2.51. The highest BCUT2D eigenvalue weighted by Crippen LogP contribution is 2.52. The van der Waals surface area contributed by atoms with Crippen LogP contribution in [0.25, 0.3) is 21.9 Å². The molecule has 0 saturated carbocycles. The molecule has 4 aliphatic rings. The summed E-state index contributed by atoms with van der Waals surface area (Å²) in [5.41, 5.74) is 24.2. The Hall–Kier alpha value is -10.4. The average molecular weight is 1010 g/mol. The van der Waals surface area contributed by atoms with Crippen LogP contribution in [0.3, 0.4) is 0 Å². The van der Waals surface area contributed by atoms with Crippen molar-refractivity contribution in [1.82, 2.24) is 0 Å². The van der Waals surface area contributed by atoms with E-state index >= 15 is 0 Å². The second-order valence-electron chi connectivity index (χ2n) is 20.8. The van der Waals surface area contributed by atoms with E-state index in [1.54, 1.807) is 0 Å². The Morgan fingerprint density at radius 1 is 0.278 bits per heavy atom. The van der Waals surface area contributed by atoms with Gasteiger partial charge in [0.1, 0.15) is 11.2 Å². The maximum atomic E-state index is 7.43. The van der Waals surface area contributed by atoms with Crippen LogP contribution in [0.2, 0.25) is 0 Å². The van der Waals surface area contributed by atoms with E-state index in [1.807, 2.05) is 0 Å². The first kappa shape index (κ1) is 43.8. The summed E-state index contributed by atoms with van der Waals surface area (Å²) in [7, 11) is 0. The lowest BCUT2D eigenvalue weighted by atomic mass is 9.32. The molecule has 4 aliphatic heterocycles. The summed E-state index contributed by atoms with van der Waals surface area (Å²) < 4.78 is 14.8. The molecule has 0 fully saturated rings. The zero-order valence-electron chi connectivity index (χ0n) is 42.7. The van der Waals surface area contributed by atoms with Crippen molar-refractivity contribution in [2.75, 3.05) is 24.5 Å². The van der Waals surface area contributed by atoms with Gasteiger partial charge in [-0.2, -0.15) is 0 Å². The molecule has 79 heavy (non-hydrogen) atoms. The van der Waals surface area contributed by atoms with Crippen molar-refractivity contribution in [3.8, 4) is 0 Å². The molecule has 368 valence electrons. The molecular weight excluding hydrogens is 964 g/mol. The third kappa shape index (κ3) is 6.38. The molecule has 0 bridgehead atoms. The summed E-state index contributed by atoms with van der Waals surface area (Å²) >= 11 is 0. The molecule has 0 amide bonds. The lowest BCUT2D eigenvalue weighted by Gasteiger charge is -2.46. The maximum absolute atomic E-state index is 7.43. The number of benzene rings is 11. The van der Waals surface area contributed by atoms with E-state index in [9.17, 15) is 0 Å². The van der Waals surface area contributed by atoms with Crippen molar-refractivity contribution < 1.29 is 8.83 Å². The molecule has 0 radical (unpaired) electrons. The van der Waals surface area contributed by atoms with Crippen LogP contribution in [0.5, 0.6) is 0 Å². The number of hydrogen-bond acceptors (Lipinski definition) is 7. The van der Waals surface area contributed by atoms with E-state index in [2.05, 4.69) is 297 Å². The van der Waals surface area contributed by atoms with Gasteiger partial charge in [0.05, 0.1) is 28.4 Å². The molecule has 0 unspecified atom stereocenters. The zero-order chi connectivity index (χ0) is 51.7. The fraction of sp³-hybridized carbons (Fsp3) is 0. The summed E-state index contributed by atoms with van der Waals surface area (Å²) in [5.74, 6) is 0. The molecule has 0 spiro atoms. The molecule has 11 aromatic carbocycles. The molecule has 9 heteroatoms. The van der Waals surface area contributed by atoms with Crippen LogP contribution in [0.1, 0.15) is 0 Å². The highest BCUT2D eigenvalue weighted by molar-refractivity contribution is 7.02. The normalized spacial score (nSPS) is 13.4. The van der Waals surface area contributed by atoms with Gasteiger partial charge in [0, 0.05) is 79.0 Å². The Morgan fingerprint density at radius 3 is 1.10 bits per heavy atom. The minimum Gasteiger partial charge on any atom is -0.468 e. The Balaban J connectivity index is 1.02. The third-order valence-electron chi connectivity index (χ3n) is 16.5. The predicted octanol–water partition coefficient (Wildman–Crippen LogP) is 14.8. The zero-order valence-corrected chi connectivity index (χ0v) is 42.7. The highest BCUT2D eigenvalue weighted by atomic mass is 16.3. The van der Waals surface area contributed by atoms with Gasteiger partial charge in [-0.1, -0.05) is 146 Å². The molecule has 0 N–H and O–H groups in total. The number of para-hydroxylation sites is 8. The summed E-state index contributed by atoms with van der Waals surface area (Å²) in [4.78, 5) is 12.3. The summed E-state index contributed by atoms with van der Waals surface area (Å²) in [5, 5.41) is 2.13. The van der Waals surface area contributed by atoms with Crippen molar-refractivity contribution in [2.45, 2.75) is 0 Å². The second kappa shape index (κ2) is 17.1. The molecule has 6 heterocycles. The summed E-state index contributed by atoms with van der Waals surface area (Å²) in [6, 6.07) is 98.5. The number of hydrogen-bond donors (Lipinski definition) is 0. The first-order valence-electron chi connectivity index (χ1n) is 27.1. The molecule has 0 saturated heterocycles. The second-order valence-corrected chi connectivity index (χ2v) is 20.8. The van der Waals surface area contributed by atoms with Gasteiger partial charge in [0.15, 0.2) is 0 Å². The van der Waals surface area contributed by atoms with Gasteiger partial charge in [-0.3, -0.25) is 0 Å². The Morgan fingerprint density at radius 2 is 0.633 bits per heavy atom. The number of nitrogens with zero attached hydrogens (tertiary/aromatic N) is 5. The topological polar surface area (TPSA) is 42.5 Å². The third-order valence-corrected chi connectivity index (χ3v) is 16.5. The average Bonchev–Trinajstić information content (AvgIpc) is 4.08. The van der Waals surface area contributed by atoms with Crippen molar-refractivity contribution in [2.24, 2.45) is 0 Å². The quantitative estimate of drug-likeness (QED) is 0.147. The van der Waals surface area contributed by atoms with Crippen molar-refractivity contribution in [3.63, 3.8) is 0 Å². The fourth-order valence-electron chi connectivity index (χ4n) is 13.4. The van der Waals surface area contributed by atoms with E-state index in [0.717, 1.165) is 135 Å². The maximum Gasteiger partial charge on any atom is 0.297 e. The number of rotatable bonds is 7. The van der Waals surface area contributed by atoms with Crippen LogP contribution in [0, 0.1) is 0 Å². The minimum atomic E-state index is -0.329. The van der Waals surface area contributed by atoms with Crippen LogP contribution < -0.4 is 57.7 Å². The van der Waals surface area contributed by atoms with E-state index in [-0.39, 0.29) is 13.4 Å². The molecule has 17 rings (SSSR count). The Bertz CT molecular complexity index is 4500. The summed E-state index contributed by atoms with van der Waals surface area (Å²) in [6.07, 6.45) is 0. The van der Waals surface area contributed by atoms with Gasteiger partial charge >= 0.3 is 0 Å². The van der Waals surface area contributed by atoms with E-state index < -0.39 is 0 Å². The van der Waals surface area contributed by atoms with Crippen LogP contribution in [0.4, 0.5) is 85.3 Å². The number of fused-ring (bicyclic) bond motifs is 12. The lowest BCUT2D eigenvalue weighted by Crippen LogP contribution is -2.65. The van der Waals surface area contributed by atoms with Gasteiger partial charge in [-0.15, -0.1) is 0 Å². The molecule has 2 aromatic heterocycles. The predicted molar refractivity (Wildman–Crippen MR) is 329 cm³/mol. The fourth-order valence-corrected chi connectivity index (χ4v) is 13.4. The van der Waals surface area contributed by atoms with Gasteiger partial charge in [-0.25, -0.2) is 0 Å². The van der Waals surface area contributed by atoms with Crippen molar-refractivity contribution in [3.05, 3.63) is 273 Å². The van der Waals surface area contributed by atoms with Crippen LogP contribution in [-0.4, -0.2) is 13.4 Å². The molecule has 7 nitrogen and oxygen atoms in total. The lowest BCUT2D eigenvalue weighted by molar-refractivity contribution is 0.651. The van der Waals surface area contributed by atoms with Gasteiger partial charge in [0.2, 0.25) is 0 Å². The van der Waals surface area contributed by atoms with E-state index in [4.69, 9.17) is 8.83 Å². The van der Waals surface area contributed by atoms with Crippen molar-refractivity contribution >= 4 is 154 Å². The standard InChI is InChI=1S/C70H45B2N5O2/c1-7-24-46(25-8-1)73(47-26-9-2-10-27-47)52-42-61-66-62(43-52)77(51-34-17-6-18-35-51)68-54-37-20-22-41-64(54)79-70(68)72(66)56-44-55-59(45-60(56)75(61)49-30-13-4-14-31-49)74(48-28-11-3-12-29-48)57-38-23-39-58-65(57)71(55)69-67(53-36-19-21-40-63(53)78-69)76(58)50-32-15-5-16-33-50/h1-45H. The van der Waals surface area contributed by atoms with Crippen molar-refractivity contribution in [1.29, 1.82) is 0 Å². The van der Waals surface area contributed by atoms with E-state index in [0.29, 0.717) is 0 Å². The van der Waals surface area contributed by atoms with Gasteiger partial charge in [0.25, 0.3) is 13.4 Å². The number of furan rings is 2. The van der Waals surface area contributed by atoms with Crippen LogP contribution in [0.15, 0.2) is 282 Å².